The number of nitrogens with zero attached hydrogens (tertiary/aromatic N) is 1. The molecule has 4 nitrogen and oxygen atoms in total. The van der Waals surface area contributed by atoms with E-state index in [0.717, 1.165) is 27.9 Å². The van der Waals surface area contributed by atoms with Crippen molar-refractivity contribution in [3.05, 3.63) is 51.3 Å². The number of aromatic nitrogens is 1. The van der Waals surface area contributed by atoms with Gasteiger partial charge in [-0.3, -0.25) is 4.98 Å². The largest absolute Gasteiger partial charge is 0.493 e. The van der Waals surface area contributed by atoms with Crippen LogP contribution < -0.4 is 9.47 Å². The average molecular weight is 350 g/mol. The van der Waals surface area contributed by atoms with Gasteiger partial charge in [0.1, 0.15) is 23.8 Å². The summed E-state index contributed by atoms with van der Waals surface area (Å²) in [7, 11) is 0. The van der Waals surface area contributed by atoms with Gasteiger partial charge in [0, 0.05) is 22.2 Å². The molecule has 0 aliphatic carbocycles. The monoisotopic (exact) mass is 349 g/mol. The lowest BCUT2D eigenvalue weighted by atomic mass is 10.1. The molecule has 2 heterocycles. The van der Waals surface area contributed by atoms with E-state index in [0.29, 0.717) is 24.7 Å². The lowest BCUT2D eigenvalue weighted by Crippen LogP contribution is -2.03. The van der Waals surface area contributed by atoms with Crippen LogP contribution in [-0.4, -0.2) is 16.7 Å². The second-order valence-electron chi connectivity index (χ2n) is 5.00. The summed E-state index contributed by atoms with van der Waals surface area (Å²) in [6.45, 7) is 2.86. The summed E-state index contributed by atoms with van der Waals surface area (Å²) in [5.74, 6) is 1.53. The number of halogens is 1. The Morgan fingerprint density at radius 2 is 2.24 bits per heavy atom. The molecule has 5 heteroatoms. The predicted molar refractivity (Wildman–Crippen MR) is 82.6 cm³/mol. The summed E-state index contributed by atoms with van der Waals surface area (Å²) in [5, 5.41) is 9.36. The summed E-state index contributed by atoms with van der Waals surface area (Å²) in [5.41, 5.74) is 3.62. The lowest BCUT2D eigenvalue weighted by molar-refractivity contribution is 0.250. The molecule has 1 aliphatic rings. The minimum atomic E-state index is -0.135. The second kappa shape index (κ2) is 6.03. The molecule has 110 valence electrons. The number of hydrogen-bond acceptors (Lipinski definition) is 4. The summed E-state index contributed by atoms with van der Waals surface area (Å²) in [6.07, 6.45) is 0.926. The van der Waals surface area contributed by atoms with Gasteiger partial charge < -0.3 is 14.6 Å². The molecule has 0 saturated heterocycles. The zero-order valence-corrected chi connectivity index (χ0v) is 13.3. The van der Waals surface area contributed by atoms with Gasteiger partial charge in [-0.15, -0.1) is 0 Å². The van der Waals surface area contributed by atoms with Crippen molar-refractivity contribution >= 4 is 15.9 Å². The van der Waals surface area contributed by atoms with Crippen LogP contribution in [0.1, 0.15) is 22.5 Å². The van der Waals surface area contributed by atoms with E-state index in [9.17, 15) is 5.11 Å². The maximum absolute atomic E-state index is 9.36. The first-order valence-corrected chi connectivity index (χ1v) is 7.61. The molecule has 1 aromatic carbocycles. The van der Waals surface area contributed by atoms with Gasteiger partial charge in [-0.2, -0.15) is 0 Å². The van der Waals surface area contributed by atoms with Crippen LogP contribution in [0.3, 0.4) is 0 Å². The highest BCUT2D eigenvalue weighted by Crippen LogP contribution is 2.33. The number of hydrogen-bond donors (Lipinski definition) is 1. The molecule has 0 spiro atoms. The van der Waals surface area contributed by atoms with Crippen molar-refractivity contribution in [1.82, 2.24) is 4.98 Å². The number of aryl methyl sites for hydroxylation is 1. The molecule has 0 fully saturated rings. The molecule has 0 radical (unpaired) electrons. The summed E-state index contributed by atoms with van der Waals surface area (Å²) < 4.78 is 12.5. The lowest BCUT2D eigenvalue weighted by Gasteiger charge is -2.13. The molecule has 0 bridgehead atoms. The molecular formula is C16H16BrNO3. The van der Waals surface area contributed by atoms with Gasteiger partial charge >= 0.3 is 0 Å². The quantitative estimate of drug-likeness (QED) is 0.920. The van der Waals surface area contributed by atoms with Gasteiger partial charge in [0.25, 0.3) is 0 Å². The summed E-state index contributed by atoms with van der Waals surface area (Å²) in [4.78, 5) is 4.28. The molecule has 0 amide bonds. The van der Waals surface area contributed by atoms with Crippen LogP contribution in [0.25, 0.3) is 0 Å². The third-order valence-corrected chi connectivity index (χ3v) is 3.89. The van der Waals surface area contributed by atoms with Crippen molar-refractivity contribution in [2.45, 2.75) is 26.6 Å². The topological polar surface area (TPSA) is 51.6 Å². The van der Waals surface area contributed by atoms with Crippen molar-refractivity contribution in [2.24, 2.45) is 0 Å². The number of pyridine rings is 1. The van der Waals surface area contributed by atoms with Crippen molar-refractivity contribution in [3.63, 3.8) is 0 Å². The highest BCUT2D eigenvalue weighted by atomic mass is 79.9. The fraction of sp³-hybridized carbons (Fsp3) is 0.312. The minimum absolute atomic E-state index is 0.135. The van der Waals surface area contributed by atoms with E-state index in [1.54, 1.807) is 0 Å². The van der Waals surface area contributed by atoms with E-state index in [4.69, 9.17) is 9.47 Å². The Bertz CT molecular complexity index is 673. The Kier molecular flexibility index (Phi) is 4.12. The zero-order chi connectivity index (χ0) is 14.8. The van der Waals surface area contributed by atoms with Gasteiger partial charge in [-0.05, 0) is 36.8 Å². The van der Waals surface area contributed by atoms with Crippen LogP contribution in [-0.2, 0) is 19.6 Å². The number of ether oxygens (including phenoxy) is 2. The molecular weight excluding hydrogens is 334 g/mol. The number of aliphatic hydroxyl groups is 1. The van der Waals surface area contributed by atoms with Crippen LogP contribution in [0.2, 0.25) is 0 Å². The molecule has 1 N–H and O–H groups in total. The Labute approximate surface area is 131 Å². The molecule has 21 heavy (non-hydrogen) atoms. The number of benzene rings is 1. The third kappa shape index (κ3) is 3.04. The van der Waals surface area contributed by atoms with Crippen molar-refractivity contribution in [3.8, 4) is 11.5 Å². The van der Waals surface area contributed by atoms with Crippen LogP contribution in [0.4, 0.5) is 0 Å². The normalized spacial score (nSPS) is 12.9. The third-order valence-electron chi connectivity index (χ3n) is 3.43. The average Bonchev–Trinajstić information content (AvgIpc) is 2.93. The smallest absolute Gasteiger partial charge is 0.143 e. The Hall–Kier alpha value is -1.59. The minimum Gasteiger partial charge on any atom is -0.493 e. The maximum Gasteiger partial charge on any atom is 0.143 e. The summed E-state index contributed by atoms with van der Waals surface area (Å²) >= 11 is 3.52. The van der Waals surface area contributed by atoms with Crippen LogP contribution in [0.15, 0.2) is 28.7 Å². The maximum atomic E-state index is 9.36. The van der Waals surface area contributed by atoms with E-state index < -0.39 is 0 Å². The first-order valence-electron chi connectivity index (χ1n) is 6.81. The fourth-order valence-electron chi connectivity index (χ4n) is 2.45. The molecule has 0 saturated carbocycles. The number of fused-ring (bicyclic) bond motifs is 1. The van der Waals surface area contributed by atoms with E-state index in [1.807, 2.05) is 25.1 Å². The van der Waals surface area contributed by atoms with Gasteiger partial charge in [0.05, 0.1) is 13.2 Å². The molecule has 0 atom stereocenters. The van der Waals surface area contributed by atoms with Crippen molar-refractivity contribution in [1.29, 1.82) is 0 Å². The van der Waals surface area contributed by atoms with Crippen molar-refractivity contribution in [2.75, 3.05) is 6.61 Å². The zero-order valence-electron chi connectivity index (χ0n) is 11.7. The predicted octanol–water partition coefficient (Wildman–Crippen LogP) is 3.16. The van der Waals surface area contributed by atoms with E-state index in [1.165, 1.54) is 5.56 Å². The molecule has 3 rings (SSSR count). The molecule has 2 aromatic rings. The number of rotatable bonds is 4. The van der Waals surface area contributed by atoms with E-state index in [-0.39, 0.29) is 6.61 Å². The SMILES string of the molecule is Cc1ccc(OCc2cc(Br)cc3c2OCC3)c(CO)n1. The summed E-state index contributed by atoms with van der Waals surface area (Å²) in [6, 6.07) is 7.80. The first kappa shape index (κ1) is 14.4. The number of aliphatic hydroxyl groups excluding tert-OH is 1. The Morgan fingerprint density at radius 1 is 1.38 bits per heavy atom. The van der Waals surface area contributed by atoms with Gasteiger partial charge in [-0.1, -0.05) is 15.9 Å². The highest BCUT2D eigenvalue weighted by molar-refractivity contribution is 9.10. The first-order chi connectivity index (χ1) is 10.2. The molecule has 1 aromatic heterocycles. The van der Waals surface area contributed by atoms with Crippen LogP contribution >= 0.6 is 15.9 Å². The van der Waals surface area contributed by atoms with Crippen LogP contribution in [0, 0.1) is 6.92 Å². The van der Waals surface area contributed by atoms with Crippen molar-refractivity contribution < 1.29 is 14.6 Å². The Balaban J connectivity index is 1.83. The van der Waals surface area contributed by atoms with Crippen LogP contribution in [0.5, 0.6) is 11.5 Å². The van der Waals surface area contributed by atoms with Gasteiger partial charge in [0.15, 0.2) is 0 Å². The fourth-order valence-corrected chi connectivity index (χ4v) is 3.00. The second-order valence-corrected chi connectivity index (χ2v) is 5.91. The highest BCUT2D eigenvalue weighted by Gasteiger charge is 2.18. The standard InChI is InChI=1S/C16H16BrNO3/c1-10-2-3-15(14(8-19)18-10)21-9-12-7-13(17)6-11-4-5-20-16(11)12/h2-3,6-7,19H,4-5,8-9H2,1H3. The van der Waals surface area contributed by atoms with E-state index in [2.05, 4.69) is 27.0 Å². The van der Waals surface area contributed by atoms with Gasteiger partial charge in [-0.25, -0.2) is 0 Å². The van der Waals surface area contributed by atoms with Gasteiger partial charge in [0.2, 0.25) is 0 Å². The molecule has 0 unspecified atom stereocenters. The van der Waals surface area contributed by atoms with E-state index >= 15 is 0 Å². The Morgan fingerprint density at radius 3 is 3.05 bits per heavy atom. The molecule has 1 aliphatic heterocycles.